The van der Waals surface area contributed by atoms with Crippen LogP contribution in [0.4, 0.5) is 0 Å². The first-order valence-corrected chi connectivity index (χ1v) is 8.97. The largest absolute Gasteiger partial charge is 0.393 e. The number of aliphatic hydroxyl groups is 1. The maximum absolute atomic E-state index is 12.9. The van der Waals surface area contributed by atoms with Gasteiger partial charge in [-0.1, -0.05) is 16.8 Å². The number of aliphatic hydroxyl groups excluding tert-OH is 1. The SMILES string of the molecule is Cc1onc(C(=O)N2CCC3(CCC3O)CC2)c1Cn1cc(Cl)cn1. The van der Waals surface area contributed by atoms with Crippen molar-refractivity contribution in [2.24, 2.45) is 5.41 Å². The average molecular weight is 365 g/mol. The van der Waals surface area contributed by atoms with Crippen LogP contribution in [0.2, 0.25) is 5.02 Å². The smallest absolute Gasteiger partial charge is 0.276 e. The fourth-order valence-corrected chi connectivity index (χ4v) is 4.06. The van der Waals surface area contributed by atoms with Gasteiger partial charge in [0.25, 0.3) is 5.91 Å². The van der Waals surface area contributed by atoms with Crippen LogP contribution in [0.1, 0.15) is 47.5 Å². The Morgan fingerprint density at radius 2 is 2.20 bits per heavy atom. The van der Waals surface area contributed by atoms with Crippen LogP contribution in [0.25, 0.3) is 0 Å². The summed E-state index contributed by atoms with van der Waals surface area (Å²) in [4.78, 5) is 14.7. The number of aromatic nitrogens is 3. The van der Waals surface area contributed by atoms with Gasteiger partial charge >= 0.3 is 0 Å². The summed E-state index contributed by atoms with van der Waals surface area (Å²) in [5.41, 5.74) is 1.11. The van der Waals surface area contributed by atoms with Gasteiger partial charge in [0.05, 0.1) is 23.9 Å². The van der Waals surface area contributed by atoms with Gasteiger partial charge < -0.3 is 14.5 Å². The van der Waals surface area contributed by atoms with Crippen molar-refractivity contribution in [3.63, 3.8) is 0 Å². The first-order valence-electron chi connectivity index (χ1n) is 8.59. The number of amides is 1. The molecule has 2 fully saturated rings. The highest BCUT2D eigenvalue weighted by Gasteiger charge is 2.48. The molecule has 0 aromatic carbocycles. The number of hydrogen-bond donors (Lipinski definition) is 1. The van der Waals surface area contributed by atoms with E-state index in [9.17, 15) is 9.90 Å². The fraction of sp³-hybridized carbons (Fsp3) is 0.588. The second-order valence-electron chi connectivity index (χ2n) is 7.13. The Balaban J connectivity index is 1.49. The summed E-state index contributed by atoms with van der Waals surface area (Å²) in [6, 6.07) is 0. The Morgan fingerprint density at radius 1 is 1.44 bits per heavy atom. The van der Waals surface area contributed by atoms with Crippen molar-refractivity contribution in [3.8, 4) is 0 Å². The van der Waals surface area contributed by atoms with E-state index < -0.39 is 0 Å². The minimum atomic E-state index is -0.209. The van der Waals surface area contributed by atoms with Gasteiger partial charge in [-0.05, 0) is 38.0 Å². The van der Waals surface area contributed by atoms with Crippen LogP contribution >= 0.6 is 11.6 Å². The van der Waals surface area contributed by atoms with Crippen LogP contribution in [-0.4, -0.2) is 50.0 Å². The van der Waals surface area contributed by atoms with Gasteiger partial charge in [0.1, 0.15) is 5.76 Å². The highest BCUT2D eigenvalue weighted by atomic mass is 35.5. The highest BCUT2D eigenvalue weighted by molar-refractivity contribution is 6.30. The van der Waals surface area contributed by atoms with Crippen molar-refractivity contribution in [1.29, 1.82) is 0 Å². The Bertz CT molecular complexity index is 792. The molecule has 1 N–H and O–H groups in total. The van der Waals surface area contributed by atoms with E-state index in [4.69, 9.17) is 16.1 Å². The molecule has 1 saturated carbocycles. The molecule has 1 aliphatic heterocycles. The molecule has 1 amide bonds. The lowest BCUT2D eigenvalue weighted by Gasteiger charge is -2.51. The van der Waals surface area contributed by atoms with E-state index in [1.54, 1.807) is 24.0 Å². The third-order valence-electron chi connectivity index (χ3n) is 5.78. The van der Waals surface area contributed by atoms with Crippen molar-refractivity contribution in [2.45, 2.75) is 45.3 Å². The molecule has 1 aliphatic carbocycles. The van der Waals surface area contributed by atoms with Crippen molar-refractivity contribution in [2.75, 3.05) is 13.1 Å². The van der Waals surface area contributed by atoms with Crippen LogP contribution < -0.4 is 0 Å². The highest BCUT2D eigenvalue weighted by Crippen LogP contribution is 2.49. The van der Waals surface area contributed by atoms with E-state index in [2.05, 4.69) is 10.3 Å². The summed E-state index contributed by atoms with van der Waals surface area (Å²) in [7, 11) is 0. The molecule has 3 heterocycles. The fourth-order valence-electron chi connectivity index (χ4n) is 3.90. The number of aryl methyl sites for hydroxylation is 1. The minimum absolute atomic E-state index is 0.0329. The lowest BCUT2D eigenvalue weighted by Crippen LogP contribution is -2.53. The summed E-state index contributed by atoms with van der Waals surface area (Å²) in [6.07, 6.45) is 6.68. The first kappa shape index (κ1) is 16.6. The van der Waals surface area contributed by atoms with Crippen molar-refractivity contribution in [1.82, 2.24) is 19.8 Å². The van der Waals surface area contributed by atoms with Crippen LogP contribution in [0, 0.1) is 12.3 Å². The molecule has 1 atom stereocenters. The second-order valence-corrected chi connectivity index (χ2v) is 7.57. The molecule has 2 aliphatic rings. The maximum Gasteiger partial charge on any atom is 0.276 e. The van der Waals surface area contributed by atoms with Gasteiger partial charge in [-0.25, -0.2) is 0 Å². The van der Waals surface area contributed by atoms with E-state index in [0.29, 0.717) is 36.1 Å². The molecule has 1 spiro atoms. The zero-order valence-corrected chi connectivity index (χ0v) is 14.9. The molecule has 134 valence electrons. The van der Waals surface area contributed by atoms with Gasteiger partial charge in [-0.2, -0.15) is 5.10 Å². The number of halogens is 1. The summed E-state index contributed by atoms with van der Waals surface area (Å²) >= 11 is 5.90. The predicted molar refractivity (Wildman–Crippen MR) is 90.4 cm³/mol. The summed E-state index contributed by atoms with van der Waals surface area (Å²) < 4.78 is 6.93. The monoisotopic (exact) mass is 364 g/mol. The summed E-state index contributed by atoms with van der Waals surface area (Å²) in [6.45, 7) is 3.48. The van der Waals surface area contributed by atoms with Gasteiger partial charge in [-0.3, -0.25) is 9.48 Å². The number of nitrogens with zero attached hydrogens (tertiary/aromatic N) is 4. The molecule has 0 bridgehead atoms. The van der Waals surface area contributed by atoms with Gasteiger partial charge in [0, 0.05) is 24.8 Å². The molecule has 1 saturated heterocycles. The molecule has 2 aromatic rings. The van der Waals surface area contributed by atoms with Crippen molar-refractivity contribution in [3.05, 3.63) is 34.4 Å². The Kier molecular flexibility index (Phi) is 4.08. The summed E-state index contributed by atoms with van der Waals surface area (Å²) in [5.74, 6) is 0.492. The molecule has 1 unspecified atom stereocenters. The molecule has 2 aromatic heterocycles. The number of piperidine rings is 1. The van der Waals surface area contributed by atoms with E-state index >= 15 is 0 Å². The zero-order chi connectivity index (χ0) is 17.6. The van der Waals surface area contributed by atoms with Gasteiger partial charge in [0.2, 0.25) is 0 Å². The lowest BCUT2D eigenvalue weighted by molar-refractivity contribution is -0.0953. The van der Waals surface area contributed by atoms with Crippen molar-refractivity contribution >= 4 is 17.5 Å². The number of rotatable bonds is 3. The quantitative estimate of drug-likeness (QED) is 0.903. The Morgan fingerprint density at radius 3 is 2.76 bits per heavy atom. The molecule has 0 radical (unpaired) electrons. The average Bonchev–Trinajstić information content (AvgIpc) is 3.19. The third-order valence-corrected chi connectivity index (χ3v) is 5.97. The second kappa shape index (κ2) is 6.14. The molecular formula is C17H21ClN4O3. The van der Waals surface area contributed by atoms with E-state index in [0.717, 1.165) is 31.2 Å². The van der Waals surface area contributed by atoms with E-state index in [1.807, 2.05) is 4.90 Å². The van der Waals surface area contributed by atoms with Gasteiger partial charge in [0.15, 0.2) is 5.69 Å². The predicted octanol–water partition coefficient (Wildman–Crippen LogP) is 2.26. The molecule has 4 rings (SSSR count). The van der Waals surface area contributed by atoms with E-state index in [1.165, 1.54) is 0 Å². The standard InChI is InChI=1S/C17H21ClN4O3/c1-11-13(10-22-9-12(18)8-19-22)15(20-25-11)16(24)21-6-4-17(5-7-21)3-2-14(17)23/h8-9,14,23H,2-7,10H2,1H3. The first-order chi connectivity index (χ1) is 12.0. The molecule has 7 nitrogen and oxygen atoms in total. The molecule has 25 heavy (non-hydrogen) atoms. The maximum atomic E-state index is 12.9. The van der Waals surface area contributed by atoms with Gasteiger partial charge in [-0.15, -0.1) is 0 Å². The topological polar surface area (TPSA) is 84.4 Å². The Hall–Kier alpha value is -1.86. The number of carbonyl (C=O) groups is 1. The third kappa shape index (κ3) is 2.85. The molecule has 8 heteroatoms. The Labute approximate surface area is 150 Å². The van der Waals surface area contributed by atoms with Crippen LogP contribution in [-0.2, 0) is 6.54 Å². The van der Waals surface area contributed by atoms with Crippen LogP contribution in [0.3, 0.4) is 0 Å². The molecular weight excluding hydrogens is 344 g/mol. The van der Waals surface area contributed by atoms with E-state index in [-0.39, 0.29) is 17.4 Å². The lowest BCUT2D eigenvalue weighted by atomic mass is 9.61. The zero-order valence-electron chi connectivity index (χ0n) is 14.1. The van der Waals surface area contributed by atoms with Crippen LogP contribution in [0.15, 0.2) is 16.9 Å². The normalized spacial score (nSPS) is 22.2. The number of likely N-dealkylation sites (tertiary alicyclic amines) is 1. The number of hydrogen-bond acceptors (Lipinski definition) is 5. The summed E-state index contributed by atoms with van der Waals surface area (Å²) in [5, 5.41) is 18.7. The van der Waals surface area contributed by atoms with Crippen molar-refractivity contribution < 1.29 is 14.4 Å². The van der Waals surface area contributed by atoms with Crippen LogP contribution in [0.5, 0.6) is 0 Å². The number of carbonyl (C=O) groups excluding carboxylic acids is 1. The minimum Gasteiger partial charge on any atom is -0.393 e.